The number of furan rings is 1. The summed E-state index contributed by atoms with van der Waals surface area (Å²) in [5.41, 5.74) is 1.24. The summed E-state index contributed by atoms with van der Waals surface area (Å²) in [6.07, 6.45) is 4.05. The molecular weight excluding hydrogens is 348 g/mol. The first kappa shape index (κ1) is 18.6. The molecule has 3 rings (SSSR count). The molecule has 0 saturated carbocycles. The molecule has 1 aliphatic rings. The Labute approximate surface area is 158 Å². The molecule has 26 heavy (non-hydrogen) atoms. The standard InChI is InChI=1S/C20H24N2O3S/c1-15-7-9-16(10-8-15)26-14-11-21-19(23)17-5-2-3-12-22(17)20(24)18-6-4-13-25-18/h4,6-10,13,17H,2-3,5,11-12,14H2,1H3,(H,21,23). The van der Waals surface area contributed by atoms with Crippen molar-refractivity contribution >= 4 is 23.6 Å². The number of benzene rings is 1. The highest BCUT2D eigenvalue weighted by molar-refractivity contribution is 7.99. The first-order valence-electron chi connectivity index (χ1n) is 8.97. The van der Waals surface area contributed by atoms with Gasteiger partial charge in [0.2, 0.25) is 5.91 Å². The zero-order chi connectivity index (χ0) is 18.4. The predicted molar refractivity (Wildman–Crippen MR) is 102 cm³/mol. The van der Waals surface area contributed by atoms with Crippen molar-refractivity contribution in [3.8, 4) is 0 Å². The number of carbonyl (C=O) groups is 2. The van der Waals surface area contributed by atoms with Crippen molar-refractivity contribution in [3.63, 3.8) is 0 Å². The number of amides is 2. The van der Waals surface area contributed by atoms with Crippen molar-refractivity contribution in [2.24, 2.45) is 0 Å². The smallest absolute Gasteiger partial charge is 0.290 e. The summed E-state index contributed by atoms with van der Waals surface area (Å²) in [5.74, 6) is 0.811. The van der Waals surface area contributed by atoms with E-state index in [1.807, 2.05) is 0 Å². The van der Waals surface area contributed by atoms with Crippen molar-refractivity contribution in [1.29, 1.82) is 0 Å². The number of rotatable bonds is 6. The van der Waals surface area contributed by atoms with Gasteiger partial charge in [-0.05, 0) is 50.5 Å². The topological polar surface area (TPSA) is 62.6 Å². The molecule has 0 bridgehead atoms. The van der Waals surface area contributed by atoms with Gasteiger partial charge in [0, 0.05) is 23.7 Å². The third-order valence-corrected chi connectivity index (χ3v) is 5.50. The van der Waals surface area contributed by atoms with Crippen LogP contribution >= 0.6 is 11.8 Å². The maximum Gasteiger partial charge on any atom is 0.290 e. The maximum absolute atomic E-state index is 12.6. The van der Waals surface area contributed by atoms with Gasteiger partial charge in [0.25, 0.3) is 5.91 Å². The van der Waals surface area contributed by atoms with E-state index in [1.165, 1.54) is 16.7 Å². The fourth-order valence-electron chi connectivity index (χ4n) is 3.08. The van der Waals surface area contributed by atoms with Crippen molar-refractivity contribution in [2.45, 2.75) is 37.1 Å². The summed E-state index contributed by atoms with van der Waals surface area (Å²) >= 11 is 1.71. The summed E-state index contributed by atoms with van der Waals surface area (Å²) in [7, 11) is 0. The highest BCUT2D eigenvalue weighted by atomic mass is 32.2. The van der Waals surface area contributed by atoms with Crippen LogP contribution in [0.3, 0.4) is 0 Å². The molecule has 1 aliphatic heterocycles. The van der Waals surface area contributed by atoms with E-state index in [4.69, 9.17) is 4.42 Å². The van der Waals surface area contributed by atoms with E-state index in [0.29, 0.717) is 25.3 Å². The molecule has 0 spiro atoms. The van der Waals surface area contributed by atoms with E-state index in [9.17, 15) is 9.59 Å². The summed E-state index contributed by atoms with van der Waals surface area (Å²) in [4.78, 5) is 28.0. The normalized spacial score (nSPS) is 17.1. The van der Waals surface area contributed by atoms with Crippen LogP contribution in [0.25, 0.3) is 0 Å². The van der Waals surface area contributed by atoms with Gasteiger partial charge in [0.15, 0.2) is 5.76 Å². The highest BCUT2D eigenvalue weighted by Crippen LogP contribution is 2.21. The quantitative estimate of drug-likeness (QED) is 0.623. The van der Waals surface area contributed by atoms with E-state index >= 15 is 0 Å². The number of piperidine rings is 1. The van der Waals surface area contributed by atoms with Crippen LogP contribution in [-0.4, -0.2) is 41.6 Å². The molecule has 2 heterocycles. The largest absolute Gasteiger partial charge is 0.459 e. The van der Waals surface area contributed by atoms with Crippen LogP contribution in [0.4, 0.5) is 0 Å². The monoisotopic (exact) mass is 372 g/mol. The third kappa shape index (κ3) is 4.69. The fraction of sp³-hybridized carbons (Fsp3) is 0.400. The Morgan fingerprint density at radius 1 is 1.23 bits per heavy atom. The van der Waals surface area contributed by atoms with Crippen LogP contribution in [0, 0.1) is 6.92 Å². The molecule has 5 nitrogen and oxygen atoms in total. The summed E-state index contributed by atoms with van der Waals surface area (Å²) < 4.78 is 5.21. The van der Waals surface area contributed by atoms with Crippen molar-refractivity contribution in [2.75, 3.05) is 18.8 Å². The molecule has 138 valence electrons. The van der Waals surface area contributed by atoms with Crippen molar-refractivity contribution in [3.05, 3.63) is 54.0 Å². The zero-order valence-electron chi connectivity index (χ0n) is 14.9. The Bertz CT molecular complexity index is 728. The number of nitrogens with one attached hydrogen (secondary N) is 1. The van der Waals surface area contributed by atoms with E-state index in [-0.39, 0.29) is 11.8 Å². The Balaban J connectivity index is 1.50. The van der Waals surface area contributed by atoms with E-state index in [1.54, 1.807) is 28.8 Å². The van der Waals surface area contributed by atoms with Gasteiger partial charge in [-0.3, -0.25) is 9.59 Å². The summed E-state index contributed by atoms with van der Waals surface area (Å²) in [5, 5.41) is 2.98. The molecule has 2 aromatic rings. The Kier molecular flexibility index (Phi) is 6.39. The maximum atomic E-state index is 12.6. The lowest BCUT2D eigenvalue weighted by atomic mass is 10.0. The molecule has 1 aromatic carbocycles. The molecule has 0 radical (unpaired) electrons. The number of nitrogens with zero attached hydrogens (tertiary/aromatic N) is 1. The minimum atomic E-state index is -0.411. The van der Waals surface area contributed by atoms with Gasteiger partial charge in [-0.25, -0.2) is 0 Å². The number of hydrogen-bond acceptors (Lipinski definition) is 4. The second-order valence-electron chi connectivity index (χ2n) is 6.44. The number of carbonyl (C=O) groups excluding carboxylic acids is 2. The minimum Gasteiger partial charge on any atom is -0.459 e. The number of thioether (sulfide) groups is 1. The van der Waals surface area contributed by atoms with Crippen LogP contribution in [0.2, 0.25) is 0 Å². The molecule has 1 fully saturated rings. The minimum absolute atomic E-state index is 0.0749. The van der Waals surface area contributed by atoms with E-state index in [2.05, 4.69) is 36.5 Å². The lowest BCUT2D eigenvalue weighted by molar-refractivity contribution is -0.126. The molecule has 0 aliphatic carbocycles. The van der Waals surface area contributed by atoms with Crippen LogP contribution in [0.1, 0.15) is 35.4 Å². The lowest BCUT2D eigenvalue weighted by Gasteiger charge is -2.34. The van der Waals surface area contributed by atoms with Crippen molar-refractivity contribution in [1.82, 2.24) is 10.2 Å². The Hall–Kier alpha value is -2.21. The lowest BCUT2D eigenvalue weighted by Crippen LogP contribution is -2.52. The first-order chi connectivity index (χ1) is 12.6. The van der Waals surface area contributed by atoms with Gasteiger partial charge >= 0.3 is 0 Å². The first-order valence-corrected chi connectivity index (χ1v) is 9.95. The number of likely N-dealkylation sites (tertiary alicyclic amines) is 1. The third-order valence-electron chi connectivity index (χ3n) is 4.49. The van der Waals surface area contributed by atoms with Gasteiger partial charge in [0.1, 0.15) is 6.04 Å². The molecule has 2 amide bonds. The van der Waals surface area contributed by atoms with Crippen LogP contribution < -0.4 is 5.32 Å². The molecule has 1 aromatic heterocycles. The predicted octanol–water partition coefficient (Wildman–Crippen LogP) is 3.49. The average molecular weight is 372 g/mol. The molecule has 1 atom stereocenters. The SMILES string of the molecule is Cc1ccc(SCCNC(=O)C2CCCCN2C(=O)c2ccco2)cc1. The Morgan fingerprint density at radius 2 is 2.04 bits per heavy atom. The van der Waals surface area contributed by atoms with Gasteiger partial charge in [-0.2, -0.15) is 0 Å². The summed E-state index contributed by atoms with van der Waals surface area (Å²) in [6.45, 7) is 3.24. The van der Waals surface area contributed by atoms with Gasteiger partial charge in [-0.1, -0.05) is 17.7 Å². The van der Waals surface area contributed by atoms with Gasteiger partial charge < -0.3 is 14.6 Å². The number of hydrogen-bond donors (Lipinski definition) is 1. The van der Waals surface area contributed by atoms with Crippen LogP contribution in [0.5, 0.6) is 0 Å². The molecule has 6 heteroatoms. The molecular formula is C20H24N2O3S. The van der Waals surface area contributed by atoms with Gasteiger partial charge in [0.05, 0.1) is 6.26 Å². The highest BCUT2D eigenvalue weighted by Gasteiger charge is 2.33. The van der Waals surface area contributed by atoms with Crippen LogP contribution in [-0.2, 0) is 4.79 Å². The molecule has 1 N–H and O–H groups in total. The molecule has 1 saturated heterocycles. The average Bonchev–Trinajstić information content (AvgIpc) is 3.20. The second kappa shape index (κ2) is 8.94. The van der Waals surface area contributed by atoms with Crippen LogP contribution in [0.15, 0.2) is 52.0 Å². The van der Waals surface area contributed by atoms with Crippen molar-refractivity contribution < 1.29 is 14.0 Å². The molecule has 1 unspecified atom stereocenters. The zero-order valence-corrected chi connectivity index (χ0v) is 15.8. The summed E-state index contributed by atoms with van der Waals surface area (Å²) in [6, 6.07) is 11.3. The number of aryl methyl sites for hydroxylation is 1. The Morgan fingerprint density at radius 3 is 2.77 bits per heavy atom. The van der Waals surface area contributed by atoms with E-state index in [0.717, 1.165) is 18.6 Å². The second-order valence-corrected chi connectivity index (χ2v) is 7.61. The van der Waals surface area contributed by atoms with E-state index < -0.39 is 6.04 Å². The van der Waals surface area contributed by atoms with Gasteiger partial charge in [-0.15, -0.1) is 11.8 Å². The fourth-order valence-corrected chi connectivity index (χ4v) is 3.85.